The number of aliphatic hydroxyl groups excluding tert-OH is 1. The molecule has 22 heavy (non-hydrogen) atoms. The largest absolute Gasteiger partial charge is 0.395 e. The molecular weight excluding hydrogens is 282 g/mol. The summed E-state index contributed by atoms with van der Waals surface area (Å²) in [7, 11) is 0. The van der Waals surface area contributed by atoms with Crippen molar-refractivity contribution in [3.8, 4) is 0 Å². The zero-order valence-electron chi connectivity index (χ0n) is 13.6. The number of rotatable bonds is 5. The summed E-state index contributed by atoms with van der Waals surface area (Å²) in [5.41, 5.74) is 12.9. The van der Waals surface area contributed by atoms with E-state index in [1.807, 2.05) is 0 Å². The van der Waals surface area contributed by atoms with Crippen LogP contribution in [0, 0.1) is 0 Å². The maximum atomic E-state index is 9.00. The number of hydrogen-bond donors (Lipinski definition) is 4. The van der Waals surface area contributed by atoms with Crippen molar-refractivity contribution >= 4 is 17.3 Å². The van der Waals surface area contributed by atoms with Crippen molar-refractivity contribution in [1.82, 2.24) is 20.3 Å². The van der Waals surface area contributed by atoms with Crippen LogP contribution >= 0.6 is 0 Å². The zero-order valence-corrected chi connectivity index (χ0v) is 13.6. The van der Waals surface area contributed by atoms with Crippen LogP contribution in [0.3, 0.4) is 0 Å². The zero-order chi connectivity index (χ0) is 16.2. The number of nitrogens with zero attached hydrogens (tertiary/aromatic N) is 4. The third kappa shape index (κ3) is 4.43. The van der Waals surface area contributed by atoms with Gasteiger partial charge in [0, 0.05) is 38.3 Å². The van der Waals surface area contributed by atoms with Gasteiger partial charge >= 0.3 is 0 Å². The van der Waals surface area contributed by atoms with Crippen LogP contribution in [0.1, 0.15) is 20.8 Å². The van der Waals surface area contributed by atoms with Gasteiger partial charge in [0.2, 0.25) is 0 Å². The molecule has 0 spiro atoms. The van der Waals surface area contributed by atoms with Gasteiger partial charge in [0.1, 0.15) is 12.0 Å². The molecule has 0 bridgehead atoms. The molecule has 124 valence electrons. The van der Waals surface area contributed by atoms with Crippen molar-refractivity contribution in [1.29, 1.82) is 0 Å². The van der Waals surface area contributed by atoms with Gasteiger partial charge in [-0.1, -0.05) is 0 Å². The number of nitrogens with two attached hydrogens (primary N) is 1. The summed E-state index contributed by atoms with van der Waals surface area (Å²) >= 11 is 0. The van der Waals surface area contributed by atoms with E-state index in [4.69, 9.17) is 10.8 Å². The molecule has 0 aliphatic carbocycles. The average molecular weight is 309 g/mol. The van der Waals surface area contributed by atoms with Crippen molar-refractivity contribution in [2.24, 2.45) is 0 Å². The van der Waals surface area contributed by atoms with Gasteiger partial charge in [0.25, 0.3) is 0 Å². The number of hydrogen-bond acceptors (Lipinski definition) is 8. The number of anilines is 3. The van der Waals surface area contributed by atoms with E-state index in [1.165, 1.54) is 6.33 Å². The van der Waals surface area contributed by atoms with Gasteiger partial charge in [0.15, 0.2) is 11.6 Å². The number of nitrogens with one attached hydrogen (secondary N) is 2. The molecule has 0 aromatic carbocycles. The molecule has 0 radical (unpaired) electrons. The summed E-state index contributed by atoms with van der Waals surface area (Å²) in [6, 6.07) is 0. The molecule has 0 unspecified atom stereocenters. The normalized spacial score (nSPS) is 16.8. The van der Waals surface area contributed by atoms with Crippen LogP contribution in [0.25, 0.3) is 0 Å². The minimum atomic E-state index is -0.0898. The Kier molecular flexibility index (Phi) is 5.38. The fourth-order valence-electron chi connectivity index (χ4n) is 2.31. The topological polar surface area (TPSA) is 103 Å². The van der Waals surface area contributed by atoms with Crippen molar-refractivity contribution in [3.63, 3.8) is 0 Å². The molecule has 1 aromatic heterocycles. The minimum Gasteiger partial charge on any atom is -0.395 e. The van der Waals surface area contributed by atoms with Crippen LogP contribution in [-0.2, 0) is 0 Å². The lowest BCUT2D eigenvalue weighted by molar-refractivity contribution is 0.188. The van der Waals surface area contributed by atoms with E-state index >= 15 is 0 Å². The summed E-state index contributed by atoms with van der Waals surface area (Å²) in [4.78, 5) is 12.9. The fourth-order valence-corrected chi connectivity index (χ4v) is 2.31. The van der Waals surface area contributed by atoms with Crippen LogP contribution in [0.15, 0.2) is 6.33 Å². The molecule has 5 N–H and O–H groups in total. The van der Waals surface area contributed by atoms with E-state index < -0.39 is 0 Å². The Bertz CT molecular complexity index is 481. The van der Waals surface area contributed by atoms with Crippen LogP contribution < -0.4 is 21.5 Å². The van der Waals surface area contributed by atoms with Gasteiger partial charge < -0.3 is 21.2 Å². The molecule has 8 heteroatoms. The van der Waals surface area contributed by atoms with Crippen LogP contribution in [0.2, 0.25) is 0 Å². The van der Waals surface area contributed by atoms with E-state index in [1.54, 1.807) is 0 Å². The first kappa shape index (κ1) is 16.7. The monoisotopic (exact) mass is 309 g/mol. The van der Waals surface area contributed by atoms with Gasteiger partial charge in [-0.3, -0.25) is 4.90 Å². The Morgan fingerprint density at radius 3 is 2.50 bits per heavy atom. The maximum Gasteiger partial charge on any atom is 0.169 e. The standard InChI is InChI=1S/C14H27N7O/c1-14(2,3)19-18-12-11(15)13(17-10-16-12)21-6-4-20(5-7-21)8-9-22/h10,19,22H,4-9,15H2,1-3H3,(H,16,17,18). The summed E-state index contributed by atoms with van der Waals surface area (Å²) in [5, 5.41) is 9.00. The highest BCUT2D eigenvalue weighted by Gasteiger charge is 2.21. The van der Waals surface area contributed by atoms with Gasteiger partial charge in [-0.25, -0.2) is 15.4 Å². The number of aliphatic hydroxyl groups is 1. The number of aromatic nitrogens is 2. The molecule has 1 aliphatic heterocycles. The molecule has 8 nitrogen and oxygen atoms in total. The Hall–Kier alpha value is -1.64. The second kappa shape index (κ2) is 7.08. The summed E-state index contributed by atoms with van der Waals surface area (Å²) in [6.07, 6.45) is 1.53. The molecular formula is C14H27N7O. The van der Waals surface area contributed by atoms with Crippen LogP contribution in [0.5, 0.6) is 0 Å². The fraction of sp³-hybridized carbons (Fsp3) is 0.714. The number of hydrazine groups is 1. The van der Waals surface area contributed by atoms with E-state index in [9.17, 15) is 0 Å². The van der Waals surface area contributed by atoms with E-state index in [0.717, 1.165) is 38.5 Å². The minimum absolute atomic E-state index is 0.0898. The third-order valence-corrected chi connectivity index (χ3v) is 3.51. The Morgan fingerprint density at radius 1 is 1.23 bits per heavy atom. The lowest BCUT2D eigenvalue weighted by atomic mass is 10.1. The lowest BCUT2D eigenvalue weighted by Gasteiger charge is -2.35. The molecule has 1 fully saturated rings. The lowest BCUT2D eigenvalue weighted by Crippen LogP contribution is -2.47. The maximum absolute atomic E-state index is 9.00. The van der Waals surface area contributed by atoms with Crippen molar-refractivity contribution in [2.75, 3.05) is 55.4 Å². The molecule has 0 amide bonds. The van der Waals surface area contributed by atoms with Crippen molar-refractivity contribution in [2.45, 2.75) is 26.3 Å². The number of piperazine rings is 1. The van der Waals surface area contributed by atoms with E-state index in [-0.39, 0.29) is 12.1 Å². The van der Waals surface area contributed by atoms with Crippen molar-refractivity contribution in [3.05, 3.63) is 6.33 Å². The molecule has 0 atom stereocenters. The summed E-state index contributed by atoms with van der Waals surface area (Å²) in [5.74, 6) is 1.36. The smallest absolute Gasteiger partial charge is 0.169 e. The molecule has 2 heterocycles. The predicted octanol–water partition coefficient (Wildman–Crippen LogP) is -0.112. The first-order valence-electron chi connectivity index (χ1n) is 7.62. The van der Waals surface area contributed by atoms with Crippen LogP contribution in [0.4, 0.5) is 17.3 Å². The van der Waals surface area contributed by atoms with Gasteiger partial charge in [0.05, 0.1) is 6.61 Å². The van der Waals surface area contributed by atoms with Crippen molar-refractivity contribution < 1.29 is 5.11 Å². The quantitative estimate of drug-likeness (QED) is 0.559. The first-order chi connectivity index (χ1) is 10.4. The predicted molar refractivity (Wildman–Crippen MR) is 88.7 cm³/mol. The highest BCUT2D eigenvalue weighted by atomic mass is 16.3. The van der Waals surface area contributed by atoms with E-state index in [2.05, 4.69) is 51.4 Å². The molecule has 1 saturated heterocycles. The van der Waals surface area contributed by atoms with Gasteiger partial charge in [-0.05, 0) is 20.8 Å². The Labute approximate surface area is 131 Å². The van der Waals surface area contributed by atoms with E-state index in [0.29, 0.717) is 11.5 Å². The molecule has 0 saturated carbocycles. The molecule has 1 aromatic rings. The molecule has 1 aliphatic rings. The average Bonchev–Trinajstić information content (AvgIpc) is 2.47. The number of β-amino-alcohol motifs (C(OH)–C–C–N with tert-alkyl or cyclic N) is 1. The Morgan fingerprint density at radius 2 is 1.91 bits per heavy atom. The van der Waals surface area contributed by atoms with Crippen LogP contribution in [-0.4, -0.2) is 64.8 Å². The second-order valence-corrected chi connectivity index (χ2v) is 6.51. The second-order valence-electron chi connectivity index (χ2n) is 6.51. The highest BCUT2D eigenvalue weighted by molar-refractivity contribution is 5.74. The Balaban J connectivity index is 2.03. The number of nitrogen functional groups attached to an aromatic ring is 1. The first-order valence-corrected chi connectivity index (χ1v) is 7.62. The van der Waals surface area contributed by atoms with Gasteiger partial charge in [-0.15, -0.1) is 0 Å². The summed E-state index contributed by atoms with van der Waals surface area (Å²) < 4.78 is 0. The highest BCUT2D eigenvalue weighted by Crippen LogP contribution is 2.26. The summed E-state index contributed by atoms with van der Waals surface area (Å²) in [6.45, 7) is 10.5. The van der Waals surface area contributed by atoms with Gasteiger partial charge in [-0.2, -0.15) is 0 Å². The SMILES string of the molecule is CC(C)(C)NNc1ncnc(N2CCN(CCO)CC2)c1N. The third-order valence-electron chi connectivity index (χ3n) is 3.51. The molecule has 2 rings (SSSR count).